The van der Waals surface area contributed by atoms with Crippen molar-refractivity contribution < 1.29 is 26.4 Å². The number of nitriles is 1. The van der Waals surface area contributed by atoms with Crippen LogP contribution in [-0.2, 0) is 16.2 Å². The monoisotopic (exact) mass is 415 g/mol. The number of nitrogens with one attached hydrogen (secondary N) is 2. The molecule has 3 fully saturated rings. The van der Waals surface area contributed by atoms with E-state index in [1.54, 1.807) is 0 Å². The summed E-state index contributed by atoms with van der Waals surface area (Å²) in [7, 11) is -3.89. The van der Waals surface area contributed by atoms with E-state index >= 15 is 0 Å². The molecule has 10 heteroatoms. The first-order valence-electron chi connectivity index (χ1n) is 8.80. The minimum absolute atomic E-state index is 0.171. The van der Waals surface area contributed by atoms with Gasteiger partial charge in [-0.2, -0.15) is 18.4 Å². The molecule has 1 aromatic carbocycles. The average molecular weight is 415 g/mol. The second-order valence-corrected chi connectivity index (χ2v) is 9.51. The average Bonchev–Trinajstić information content (AvgIpc) is 2.61. The lowest BCUT2D eigenvalue weighted by Gasteiger charge is -2.50. The molecule has 28 heavy (non-hydrogen) atoms. The van der Waals surface area contributed by atoms with Gasteiger partial charge in [-0.3, -0.25) is 9.52 Å². The van der Waals surface area contributed by atoms with Gasteiger partial charge < -0.3 is 5.32 Å². The van der Waals surface area contributed by atoms with Crippen LogP contribution < -0.4 is 10.0 Å². The Balaban J connectivity index is 1.88. The van der Waals surface area contributed by atoms with Gasteiger partial charge in [-0.1, -0.05) is 0 Å². The Hall–Kier alpha value is -2.28. The first-order valence-corrected chi connectivity index (χ1v) is 10.7. The molecule has 4 rings (SSSR count). The van der Waals surface area contributed by atoms with E-state index in [1.165, 1.54) is 0 Å². The van der Waals surface area contributed by atoms with E-state index in [2.05, 4.69) is 11.4 Å². The van der Waals surface area contributed by atoms with E-state index in [-0.39, 0.29) is 11.0 Å². The zero-order chi connectivity index (χ0) is 20.8. The standard InChI is InChI=1S/C18H20F3N3O3S/c1-28(26,27)24-14-10-12(18(19,20)21)2-3-13(14)15(25)23-17-7-4-16(11-22,5-8-17)6-9-17/h2-3,10,24H,4-9H2,1H3,(H,23,25). The molecule has 2 N–H and O–H groups in total. The molecule has 3 aliphatic carbocycles. The van der Waals surface area contributed by atoms with Crippen molar-refractivity contribution in [2.24, 2.45) is 5.41 Å². The molecule has 152 valence electrons. The zero-order valence-electron chi connectivity index (χ0n) is 15.2. The number of carbonyl (C=O) groups is 1. The summed E-state index contributed by atoms with van der Waals surface area (Å²) in [5.74, 6) is -0.633. The summed E-state index contributed by atoms with van der Waals surface area (Å²) in [4.78, 5) is 12.8. The van der Waals surface area contributed by atoms with Crippen molar-refractivity contribution in [1.29, 1.82) is 5.26 Å². The number of rotatable bonds is 4. The fourth-order valence-electron chi connectivity index (χ4n) is 4.05. The summed E-state index contributed by atoms with van der Waals surface area (Å²) in [5.41, 5.74) is -2.49. The lowest BCUT2D eigenvalue weighted by Crippen LogP contribution is -2.56. The highest BCUT2D eigenvalue weighted by Crippen LogP contribution is 2.52. The van der Waals surface area contributed by atoms with Crippen LogP contribution in [0.25, 0.3) is 0 Å². The van der Waals surface area contributed by atoms with Crippen molar-refractivity contribution >= 4 is 21.6 Å². The van der Waals surface area contributed by atoms with Crippen LogP contribution in [0.2, 0.25) is 0 Å². The number of sulfonamides is 1. The molecule has 0 heterocycles. The molecule has 0 unspecified atom stereocenters. The zero-order valence-corrected chi connectivity index (χ0v) is 16.0. The van der Waals surface area contributed by atoms with E-state index in [9.17, 15) is 31.6 Å². The number of alkyl halides is 3. The van der Waals surface area contributed by atoms with Crippen LogP contribution in [0.4, 0.5) is 18.9 Å². The maximum absolute atomic E-state index is 13.0. The summed E-state index contributed by atoms with van der Waals surface area (Å²) < 4.78 is 64.1. The highest BCUT2D eigenvalue weighted by atomic mass is 32.2. The highest BCUT2D eigenvalue weighted by molar-refractivity contribution is 7.92. The summed E-state index contributed by atoms with van der Waals surface area (Å²) >= 11 is 0. The number of amides is 1. The van der Waals surface area contributed by atoms with Gasteiger partial charge >= 0.3 is 6.18 Å². The van der Waals surface area contributed by atoms with Crippen LogP contribution in [0.3, 0.4) is 0 Å². The number of carbonyl (C=O) groups excluding carboxylic acids is 1. The van der Waals surface area contributed by atoms with Gasteiger partial charge in [-0.15, -0.1) is 0 Å². The Morgan fingerprint density at radius 3 is 2.18 bits per heavy atom. The molecule has 3 aliphatic rings. The molecule has 1 amide bonds. The van der Waals surface area contributed by atoms with Crippen LogP contribution in [0, 0.1) is 16.7 Å². The van der Waals surface area contributed by atoms with Crippen LogP contribution in [0.15, 0.2) is 18.2 Å². The van der Waals surface area contributed by atoms with Gasteiger partial charge in [0.05, 0.1) is 34.6 Å². The maximum atomic E-state index is 13.0. The van der Waals surface area contributed by atoms with Crippen molar-refractivity contribution in [2.45, 2.75) is 50.2 Å². The van der Waals surface area contributed by atoms with Crippen LogP contribution in [0.5, 0.6) is 0 Å². The third-order valence-electron chi connectivity index (χ3n) is 5.75. The molecule has 0 aliphatic heterocycles. The van der Waals surface area contributed by atoms with Gasteiger partial charge in [0.25, 0.3) is 5.91 Å². The molecule has 1 aromatic rings. The number of benzene rings is 1. The third-order valence-corrected chi connectivity index (χ3v) is 6.34. The molecule has 0 atom stereocenters. The molecule has 0 radical (unpaired) electrons. The molecular weight excluding hydrogens is 395 g/mol. The lowest BCUT2D eigenvalue weighted by atomic mass is 9.58. The van der Waals surface area contributed by atoms with Crippen LogP contribution in [0.1, 0.15) is 54.4 Å². The van der Waals surface area contributed by atoms with Crippen molar-refractivity contribution in [3.63, 3.8) is 0 Å². The van der Waals surface area contributed by atoms with E-state index in [1.807, 2.05) is 4.72 Å². The summed E-state index contributed by atoms with van der Waals surface area (Å²) in [6.45, 7) is 0. The van der Waals surface area contributed by atoms with E-state index in [0.29, 0.717) is 44.6 Å². The minimum atomic E-state index is -4.67. The first kappa shape index (κ1) is 20.5. The number of nitrogens with zero attached hydrogens (tertiary/aromatic N) is 1. The van der Waals surface area contributed by atoms with Gasteiger partial charge in [-0.25, -0.2) is 8.42 Å². The van der Waals surface area contributed by atoms with E-state index < -0.39 is 38.9 Å². The number of halogens is 3. The summed E-state index contributed by atoms with van der Waals surface area (Å²) in [6, 6.07) is 4.72. The second kappa shape index (κ2) is 6.65. The van der Waals surface area contributed by atoms with Crippen LogP contribution >= 0.6 is 0 Å². The Morgan fingerprint density at radius 2 is 1.71 bits per heavy atom. The Labute approximate surface area is 161 Å². The smallest absolute Gasteiger partial charge is 0.347 e. The van der Waals surface area contributed by atoms with Crippen molar-refractivity contribution in [3.05, 3.63) is 29.3 Å². The lowest BCUT2D eigenvalue weighted by molar-refractivity contribution is -0.137. The quantitative estimate of drug-likeness (QED) is 0.787. The molecule has 6 nitrogen and oxygen atoms in total. The summed E-state index contributed by atoms with van der Waals surface area (Å²) in [5, 5.41) is 12.2. The third kappa shape index (κ3) is 4.09. The predicted octanol–water partition coefficient (Wildman–Crippen LogP) is 3.42. The molecule has 0 saturated heterocycles. The Morgan fingerprint density at radius 1 is 1.14 bits per heavy atom. The predicted molar refractivity (Wildman–Crippen MR) is 95.9 cm³/mol. The molecule has 0 aromatic heterocycles. The topological polar surface area (TPSA) is 99.1 Å². The second-order valence-electron chi connectivity index (χ2n) is 7.76. The largest absolute Gasteiger partial charge is 0.416 e. The van der Waals surface area contributed by atoms with Gasteiger partial charge in [0.1, 0.15) is 0 Å². The fourth-order valence-corrected chi connectivity index (χ4v) is 4.62. The number of anilines is 1. The van der Waals surface area contributed by atoms with E-state index in [0.717, 1.165) is 18.4 Å². The van der Waals surface area contributed by atoms with Crippen molar-refractivity contribution in [3.8, 4) is 6.07 Å². The van der Waals surface area contributed by atoms with Gasteiger partial charge in [0.15, 0.2) is 0 Å². The van der Waals surface area contributed by atoms with E-state index in [4.69, 9.17) is 0 Å². The molecule has 0 spiro atoms. The van der Waals surface area contributed by atoms with Gasteiger partial charge in [-0.05, 0) is 56.7 Å². The molecule has 2 bridgehead atoms. The number of fused-ring (bicyclic) bond motifs is 3. The van der Waals surface area contributed by atoms with Crippen molar-refractivity contribution in [1.82, 2.24) is 5.32 Å². The SMILES string of the molecule is CS(=O)(=O)Nc1cc(C(F)(F)F)ccc1C(=O)NC12CCC(C#N)(CC1)CC2. The summed E-state index contributed by atoms with van der Waals surface area (Å²) in [6.07, 6.45) is -0.0561. The van der Waals surface area contributed by atoms with Crippen LogP contribution in [-0.4, -0.2) is 26.1 Å². The molecule has 3 saturated carbocycles. The fraction of sp³-hybridized carbons (Fsp3) is 0.556. The Bertz CT molecular complexity index is 927. The first-order chi connectivity index (χ1) is 12.9. The Kier molecular flexibility index (Phi) is 4.86. The normalized spacial score (nSPS) is 27.1. The maximum Gasteiger partial charge on any atom is 0.416 e. The number of hydrogen-bond acceptors (Lipinski definition) is 4. The van der Waals surface area contributed by atoms with Gasteiger partial charge in [0, 0.05) is 5.54 Å². The van der Waals surface area contributed by atoms with Crippen molar-refractivity contribution in [2.75, 3.05) is 11.0 Å². The molecular formula is C18H20F3N3O3S. The van der Waals surface area contributed by atoms with Gasteiger partial charge in [0.2, 0.25) is 10.0 Å². The number of hydrogen-bond donors (Lipinski definition) is 2. The highest BCUT2D eigenvalue weighted by Gasteiger charge is 2.49. The minimum Gasteiger partial charge on any atom is -0.347 e.